The SMILES string of the molecule is O=C(O)CS/C=C/S(=O)(=O)c1ccc(Cl)cc1. The maximum absolute atomic E-state index is 11.7. The lowest BCUT2D eigenvalue weighted by Crippen LogP contribution is -1.97. The molecule has 0 amide bonds. The summed E-state index contributed by atoms with van der Waals surface area (Å²) < 4.78 is 23.4. The molecule has 4 nitrogen and oxygen atoms in total. The Balaban J connectivity index is 2.75. The highest BCUT2D eigenvalue weighted by Gasteiger charge is 2.09. The molecule has 0 heterocycles. The zero-order valence-corrected chi connectivity index (χ0v) is 10.9. The van der Waals surface area contributed by atoms with Crippen LogP contribution in [0.2, 0.25) is 5.02 Å². The van der Waals surface area contributed by atoms with Crippen LogP contribution in [0.5, 0.6) is 0 Å². The van der Waals surface area contributed by atoms with Crippen LogP contribution in [0.1, 0.15) is 0 Å². The van der Waals surface area contributed by atoms with Gasteiger partial charge in [-0.1, -0.05) is 11.6 Å². The number of carboxylic acid groups (broad SMARTS) is 1. The van der Waals surface area contributed by atoms with Gasteiger partial charge in [0.05, 0.1) is 10.6 Å². The maximum Gasteiger partial charge on any atom is 0.313 e. The molecule has 7 heteroatoms. The van der Waals surface area contributed by atoms with Crippen LogP contribution >= 0.6 is 23.4 Å². The van der Waals surface area contributed by atoms with E-state index in [1.165, 1.54) is 29.7 Å². The van der Waals surface area contributed by atoms with E-state index in [2.05, 4.69) is 0 Å². The summed E-state index contributed by atoms with van der Waals surface area (Å²) in [6.45, 7) is 0. The first-order valence-electron chi connectivity index (χ1n) is 4.42. The number of aliphatic carboxylic acids is 1. The first-order valence-corrected chi connectivity index (χ1v) is 7.40. The maximum atomic E-state index is 11.7. The van der Waals surface area contributed by atoms with Gasteiger partial charge in [0, 0.05) is 10.4 Å². The van der Waals surface area contributed by atoms with Gasteiger partial charge in [-0.3, -0.25) is 4.79 Å². The van der Waals surface area contributed by atoms with Gasteiger partial charge in [-0.15, -0.1) is 11.8 Å². The van der Waals surface area contributed by atoms with Gasteiger partial charge < -0.3 is 5.11 Å². The molecule has 0 atom stereocenters. The molecule has 0 spiro atoms. The third kappa shape index (κ3) is 4.80. The van der Waals surface area contributed by atoms with Crippen molar-refractivity contribution in [2.75, 3.05) is 5.75 Å². The first-order chi connectivity index (χ1) is 7.92. The summed E-state index contributed by atoms with van der Waals surface area (Å²) >= 11 is 6.54. The predicted octanol–water partition coefficient (Wildman–Crippen LogP) is 2.40. The highest BCUT2D eigenvalue weighted by molar-refractivity contribution is 8.03. The van der Waals surface area contributed by atoms with Crippen LogP contribution in [-0.4, -0.2) is 25.2 Å². The second-order valence-corrected chi connectivity index (χ2v) is 6.14. The summed E-state index contributed by atoms with van der Waals surface area (Å²) in [6, 6.07) is 5.74. The van der Waals surface area contributed by atoms with E-state index in [1.807, 2.05) is 0 Å². The largest absolute Gasteiger partial charge is 0.481 e. The van der Waals surface area contributed by atoms with Crippen LogP contribution in [0.25, 0.3) is 0 Å². The molecular weight excluding hydrogens is 284 g/mol. The van der Waals surface area contributed by atoms with Crippen LogP contribution in [0, 0.1) is 0 Å². The molecule has 1 N–H and O–H groups in total. The smallest absolute Gasteiger partial charge is 0.313 e. The highest BCUT2D eigenvalue weighted by Crippen LogP contribution is 2.17. The Morgan fingerprint density at radius 1 is 1.35 bits per heavy atom. The van der Waals surface area contributed by atoms with Crippen molar-refractivity contribution in [2.24, 2.45) is 0 Å². The molecule has 0 fully saturated rings. The van der Waals surface area contributed by atoms with Gasteiger partial charge in [-0.05, 0) is 29.7 Å². The molecule has 17 heavy (non-hydrogen) atoms. The van der Waals surface area contributed by atoms with Crippen LogP contribution < -0.4 is 0 Å². The van der Waals surface area contributed by atoms with Gasteiger partial charge in [0.1, 0.15) is 0 Å². The van der Waals surface area contributed by atoms with Gasteiger partial charge in [0.25, 0.3) is 0 Å². The number of benzene rings is 1. The molecule has 0 aliphatic rings. The number of hydrogen-bond acceptors (Lipinski definition) is 4. The molecule has 0 radical (unpaired) electrons. The Bertz CT molecular complexity index is 520. The topological polar surface area (TPSA) is 71.4 Å². The van der Waals surface area contributed by atoms with Crippen LogP contribution in [0.3, 0.4) is 0 Å². The number of hydrogen-bond donors (Lipinski definition) is 1. The lowest BCUT2D eigenvalue weighted by Gasteiger charge is -1.98. The predicted molar refractivity (Wildman–Crippen MR) is 67.9 cm³/mol. The number of carbonyl (C=O) groups is 1. The van der Waals surface area contributed by atoms with Gasteiger partial charge in [0.2, 0.25) is 0 Å². The summed E-state index contributed by atoms with van der Waals surface area (Å²) in [5.41, 5.74) is 0. The number of carboxylic acids is 1. The molecule has 0 aliphatic carbocycles. The summed E-state index contributed by atoms with van der Waals surface area (Å²) in [5.74, 6) is -1.17. The summed E-state index contributed by atoms with van der Waals surface area (Å²) in [7, 11) is -3.53. The van der Waals surface area contributed by atoms with Gasteiger partial charge >= 0.3 is 5.97 Å². The minimum absolute atomic E-state index is 0.120. The van der Waals surface area contributed by atoms with Crippen molar-refractivity contribution in [3.8, 4) is 0 Å². The zero-order chi connectivity index (χ0) is 12.9. The van der Waals surface area contributed by atoms with Crippen molar-refractivity contribution in [1.82, 2.24) is 0 Å². The standard InChI is InChI=1S/C10H9ClO4S2/c11-8-1-3-9(4-2-8)17(14,15)6-5-16-7-10(12)13/h1-6H,7H2,(H,12,13)/b6-5+. The normalized spacial score (nSPS) is 11.8. The van der Waals surface area contributed by atoms with Gasteiger partial charge in [0.15, 0.2) is 9.84 Å². The van der Waals surface area contributed by atoms with Crippen molar-refractivity contribution in [2.45, 2.75) is 4.90 Å². The van der Waals surface area contributed by atoms with E-state index in [4.69, 9.17) is 16.7 Å². The molecule has 0 aromatic heterocycles. The number of sulfone groups is 1. The average Bonchev–Trinajstić information content (AvgIpc) is 2.25. The second-order valence-electron chi connectivity index (χ2n) is 2.98. The van der Waals surface area contributed by atoms with Crippen LogP contribution in [0.4, 0.5) is 0 Å². The molecule has 92 valence electrons. The number of rotatable bonds is 5. The van der Waals surface area contributed by atoms with E-state index in [0.717, 1.165) is 17.2 Å². The minimum Gasteiger partial charge on any atom is -0.481 e. The Hall–Kier alpha value is -0.980. The Morgan fingerprint density at radius 3 is 2.47 bits per heavy atom. The van der Waals surface area contributed by atoms with Crippen LogP contribution in [-0.2, 0) is 14.6 Å². The van der Waals surface area contributed by atoms with E-state index in [1.54, 1.807) is 0 Å². The fraction of sp³-hybridized carbons (Fsp3) is 0.100. The number of thioether (sulfide) groups is 1. The minimum atomic E-state index is -3.53. The van der Waals surface area contributed by atoms with Gasteiger partial charge in [-0.2, -0.15) is 0 Å². The summed E-state index contributed by atoms with van der Waals surface area (Å²) in [5, 5.41) is 11.0. The fourth-order valence-corrected chi connectivity index (χ4v) is 2.87. The van der Waals surface area contributed by atoms with E-state index in [-0.39, 0.29) is 10.6 Å². The molecule has 1 rings (SSSR count). The van der Waals surface area contributed by atoms with E-state index < -0.39 is 15.8 Å². The summed E-state index contributed by atoms with van der Waals surface area (Å²) in [4.78, 5) is 10.3. The average molecular weight is 293 g/mol. The monoisotopic (exact) mass is 292 g/mol. The van der Waals surface area contributed by atoms with Crippen molar-refractivity contribution < 1.29 is 18.3 Å². The van der Waals surface area contributed by atoms with Crippen molar-refractivity contribution in [3.63, 3.8) is 0 Å². The fourth-order valence-electron chi connectivity index (χ4n) is 0.935. The molecule has 0 saturated carbocycles. The third-order valence-corrected chi connectivity index (χ3v) is 4.27. The Labute approximate surface area is 108 Å². The lowest BCUT2D eigenvalue weighted by atomic mass is 10.4. The Morgan fingerprint density at radius 2 is 1.94 bits per heavy atom. The molecule has 0 unspecified atom stereocenters. The molecule has 1 aromatic carbocycles. The molecule has 0 bridgehead atoms. The number of halogens is 1. The van der Waals surface area contributed by atoms with Crippen molar-refractivity contribution >= 4 is 39.2 Å². The summed E-state index contributed by atoms with van der Waals surface area (Å²) in [6.07, 6.45) is 0. The second kappa shape index (κ2) is 6.09. The third-order valence-electron chi connectivity index (χ3n) is 1.68. The van der Waals surface area contributed by atoms with E-state index >= 15 is 0 Å². The molecule has 1 aromatic rings. The van der Waals surface area contributed by atoms with Gasteiger partial charge in [-0.25, -0.2) is 8.42 Å². The van der Waals surface area contributed by atoms with E-state index in [0.29, 0.717) is 5.02 Å². The van der Waals surface area contributed by atoms with Crippen molar-refractivity contribution in [3.05, 3.63) is 40.1 Å². The van der Waals surface area contributed by atoms with E-state index in [9.17, 15) is 13.2 Å². The van der Waals surface area contributed by atoms with Crippen LogP contribution in [0.15, 0.2) is 40.0 Å². The first kappa shape index (κ1) is 14.1. The molecule has 0 aliphatic heterocycles. The lowest BCUT2D eigenvalue weighted by molar-refractivity contribution is -0.133. The highest BCUT2D eigenvalue weighted by atomic mass is 35.5. The van der Waals surface area contributed by atoms with Crippen molar-refractivity contribution in [1.29, 1.82) is 0 Å². The molecule has 0 saturated heterocycles. The molecular formula is C10H9ClO4S2. The zero-order valence-electron chi connectivity index (χ0n) is 8.54. The quantitative estimate of drug-likeness (QED) is 0.902. The Kier molecular flexibility index (Phi) is 5.04.